The number of anilines is 1. The van der Waals surface area contributed by atoms with Gasteiger partial charge in [-0.2, -0.15) is 13.2 Å². The van der Waals surface area contributed by atoms with Crippen molar-refractivity contribution in [2.45, 2.75) is 70.2 Å². The molecular weight excluding hydrogens is 674 g/mol. The highest BCUT2D eigenvalue weighted by Gasteiger charge is 2.37. The van der Waals surface area contributed by atoms with Gasteiger partial charge in [0.05, 0.1) is 21.2 Å². The fourth-order valence-corrected chi connectivity index (χ4v) is 6.61. The molecule has 0 spiro atoms. The van der Waals surface area contributed by atoms with Gasteiger partial charge >= 0.3 is 6.18 Å². The molecule has 0 aliphatic carbocycles. The lowest BCUT2D eigenvalue weighted by Crippen LogP contribution is -2.53. The van der Waals surface area contributed by atoms with Crippen molar-refractivity contribution in [2.24, 2.45) is 0 Å². The number of carbonyl (C=O) groups excluding carboxylic acids is 2. The van der Waals surface area contributed by atoms with Gasteiger partial charge < -0.3 is 10.2 Å². The van der Waals surface area contributed by atoms with Crippen LogP contribution in [0.25, 0.3) is 0 Å². The second-order valence-electron chi connectivity index (χ2n) is 10.5. The van der Waals surface area contributed by atoms with Gasteiger partial charge in [-0.3, -0.25) is 13.9 Å². The molecule has 0 bridgehead atoms. The van der Waals surface area contributed by atoms with Gasteiger partial charge in [-0.15, -0.1) is 0 Å². The Balaban J connectivity index is 2.19. The van der Waals surface area contributed by atoms with E-state index in [4.69, 9.17) is 34.8 Å². The van der Waals surface area contributed by atoms with E-state index < -0.39 is 56.9 Å². The number of rotatable bonds is 12. The second-order valence-corrected chi connectivity index (χ2v) is 13.5. The summed E-state index contributed by atoms with van der Waals surface area (Å²) in [4.78, 5) is 28.5. The van der Waals surface area contributed by atoms with E-state index in [1.165, 1.54) is 24.3 Å². The first-order valence-electron chi connectivity index (χ1n) is 14.0. The molecule has 1 N–H and O–H groups in total. The van der Waals surface area contributed by atoms with Gasteiger partial charge in [0.15, 0.2) is 0 Å². The van der Waals surface area contributed by atoms with E-state index in [9.17, 15) is 31.2 Å². The number of halogens is 6. The number of hydrogen-bond acceptors (Lipinski definition) is 4. The number of nitrogens with zero attached hydrogens (tertiary/aromatic N) is 2. The Morgan fingerprint density at radius 2 is 1.51 bits per heavy atom. The summed E-state index contributed by atoms with van der Waals surface area (Å²) in [5.74, 6) is -1.38. The van der Waals surface area contributed by atoms with Crippen molar-refractivity contribution in [3.63, 3.8) is 0 Å². The maximum atomic E-state index is 14.2. The third kappa shape index (κ3) is 8.84. The van der Waals surface area contributed by atoms with Gasteiger partial charge in [-0.1, -0.05) is 72.4 Å². The van der Waals surface area contributed by atoms with Crippen molar-refractivity contribution in [1.29, 1.82) is 0 Å². The lowest BCUT2D eigenvalue weighted by molar-refractivity contribution is -0.140. The van der Waals surface area contributed by atoms with Gasteiger partial charge in [0.2, 0.25) is 11.8 Å². The molecule has 3 aromatic carbocycles. The van der Waals surface area contributed by atoms with Crippen LogP contribution in [0.15, 0.2) is 65.6 Å². The third-order valence-electron chi connectivity index (χ3n) is 7.21. The smallest absolute Gasteiger partial charge is 0.352 e. The van der Waals surface area contributed by atoms with E-state index in [0.29, 0.717) is 22.4 Å². The highest BCUT2D eigenvalue weighted by atomic mass is 35.5. The minimum atomic E-state index is -4.91. The van der Waals surface area contributed by atoms with E-state index in [-0.39, 0.29) is 33.9 Å². The zero-order valence-electron chi connectivity index (χ0n) is 25.0. The summed E-state index contributed by atoms with van der Waals surface area (Å²) < 4.78 is 70.1. The van der Waals surface area contributed by atoms with E-state index >= 15 is 0 Å². The van der Waals surface area contributed by atoms with Crippen LogP contribution in [0, 0.1) is 6.92 Å². The van der Waals surface area contributed by atoms with Crippen LogP contribution in [-0.4, -0.2) is 43.8 Å². The summed E-state index contributed by atoms with van der Waals surface area (Å²) in [6, 6.07) is 11.6. The van der Waals surface area contributed by atoms with Crippen LogP contribution in [0.3, 0.4) is 0 Å². The van der Waals surface area contributed by atoms with Crippen LogP contribution in [0.4, 0.5) is 18.9 Å². The number of alkyl halides is 3. The molecule has 3 rings (SSSR count). The van der Waals surface area contributed by atoms with Crippen LogP contribution >= 0.6 is 34.8 Å². The molecule has 244 valence electrons. The van der Waals surface area contributed by atoms with Crippen LogP contribution in [0.5, 0.6) is 0 Å². The minimum Gasteiger partial charge on any atom is -0.352 e. The van der Waals surface area contributed by atoms with E-state index in [0.717, 1.165) is 22.6 Å². The standard InChI is InChI=1S/C31H33Cl3F3N3O4S/c1-5-20(4)38-30(42)28(6-2)39(17-23-25(32)8-7-9-26(23)33)29(41)18-40(45(43,44)22-13-10-19(3)11-14-22)21-12-15-27(34)24(16-21)31(35,36)37/h7-16,20,28H,5-6,17-18H2,1-4H3,(H,38,42)/t20-,28+/m0/s1. The molecule has 0 aliphatic heterocycles. The first-order valence-corrected chi connectivity index (χ1v) is 16.6. The number of amides is 2. The molecule has 3 aromatic rings. The monoisotopic (exact) mass is 705 g/mol. The van der Waals surface area contributed by atoms with Gasteiger partial charge in [-0.25, -0.2) is 8.42 Å². The first-order chi connectivity index (χ1) is 21.0. The second kappa shape index (κ2) is 15.1. The van der Waals surface area contributed by atoms with Crippen LogP contribution in [0.1, 0.15) is 50.3 Å². The predicted molar refractivity (Wildman–Crippen MR) is 171 cm³/mol. The van der Waals surface area contributed by atoms with Crippen LogP contribution in [-0.2, 0) is 32.3 Å². The third-order valence-corrected chi connectivity index (χ3v) is 10.0. The van der Waals surface area contributed by atoms with Crippen molar-refractivity contribution in [2.75, 3.05) is 10.8 Å². The van der Waals surface area contributed by atoms with Gasteiger partial charge in [0, 0.05) is 28.2 Å². The van der Waals surface area contributed by atoms with E-state index in [1.54, 1.807) is 39.0 Å². The Labute approximate surface area is 276 Å². The fraction of sp³-hybridized carbons (Fsp3) is 0.355. The Bertz CT molecular complexity index is 1620. The number of benzene rings is 3. The summed E-state index contributed by atoms with van der Waals surface area (Å²) in [5.41, 5.74) is -0.683. The molecule has 2 atom stereocenters. The molecule has 0 aliphatic rings. The molecule has 14 heteroatoms. The quantitative estimate of drug-likeness (QED) is 0.208. The molecule has 0 heterocycles. The minimum absolute atomic E-state index is 0.125. The van der Waals surface area contributed by atoms with E-state index in [2.05, 4.69) is 5.32 Å². The van der Waals surface area contributed by atoms with Gasteiger partial charge in [-0.05, 0) is 69.2 Å². The van der Waals surface area contributed by atoms with Crippen molar-refractivity contribution >= 4 is 62.3 Å². The van der Waals surface area contributed by atoms with Crippen molar-refractivity contribution in [3.8, 4) is 0 Å². The lowest BCUT2D eigenvalue weighted by Gasteiger charge is -2.34. The zero-order chi connectivity index (χ0) is 33.7. The fourth-order valence-electron chi connectivity index (χ4n) is 4.47. The molecule has 0 radical (unpaired) electrons. The maximum Gasteiger partial charge on any atom is 0.417 e. The largest absolute Gasteiger partial charge is 0.417 e. The highest BCUT2D eigenvalue weighted by molar-refractivity contribution is 7.92. The molecule has 7 nitrogen and oxygen atoms in total. The Kier molecular flexibility index (Phi) is 12.2. The molecule has 0 saturated heterocycles. The number of nitrogens with one attached hydrogen (secondary N) is 1. The Hall–Kier alpha value is -2.99. The van der Waals surface area contributed by atoms with Crippen molar-refractivity contribution < 1.29 is 31.2 Å². The summed E-state index contributed by atoms with van der Waals surface area (Å²) in [5, 5.41) is 2.60. The lowest BCUT2D eigenvalue weighted by atomic mass is 10.1. The Morgan fingerprint density at radius 3 is 2.04 bits per heavy atom. The molecule has 0 aromatic heterocycles. The topological polar surface area (TPSA) is 86.8 Å². The van der Waals surface area contributed by atoms with E-state index in [1.807, 2.05) is 6.92 Å². The number of carbonyl (C=O) groups is 2. The molecule has 0 fully saturated rings. The predicted octanol–water partition coefficient (Wildman–Crippen LogP) is 7.89. The van der Waals surface area contributed by atoms with Crippen LogP contribution in [0.2, 0.25) is 15.1 Å². The summed E-state index contributed by atoms with van der Waals surface area (Å²) >= 11 is 18.6. The molecule has 0 saturated carbocycles. The Morgan fingerprint density at radius 1 is 0.911 bits per heavy atom. The summed E-state index contributed by atoms with van der Waals surface area (Å²) in [6.45, 7) is 5.83. The van der Waals surface area contributed by atoms with Gasteiger partial charge in [0.1, 0.15) is 12.6 Å². The van der Waals surface area contributed by atoms with Crippen LogP contribution < -0.4 is 9.62 Å². The van der Waals surface area contributed by atoms with Crippen molar-refractivity contribution in [1.82, 2.24) is 10.2 Å². The molecule has 45 heavy (non-hydrogen) atoms. The zero-order valence-corrected chi connectivity index (χ0v) is 28.0. The summed E-state index contributed by atoms with van der Waals surface area (Å²) in [7, 11) is -4.62. The van der Waals surface area contributed by atoms with Crippen molar-refractivity contribution in [3.05, 3.63) is 92.4 Å². The number of aryl methyl sites for hydroxylation is 1. The van der Waals surface area contributed by atoms with Gasteiger partial charge in [0.25, 0.3) is 10.0 Å². The maximum absolute atomic E-state index is 14.2. The number of sulfonamides is 1. The average molecular weight is 707 g/mol. The summed E-state index contributed by atoms with van der Waals surface area (Å²) in [6.07, 6.45) is -4.18. The molecular formula is C31H33Cl3F3N3O4S. The molecule has 2 amide bonds. The first kappa shape index (κ1) is 36.5. The average Bonchev–Trinajstić information content (AvgIpc) is 2.97. The highest BCUT2D eigenvalue weighted by Crippen LogP contribution is 2.38. The SMILES string of the molecule is CC[C@H](C(=O)N[C@@H](C)CC)N(Cc1c(Cl)cccc1Cl)C(=O)CN(c1ccc(Cl)c(C(F)(F)F)c1)S(=O)(=O)c1ccc(C)cc1. The number of hydrogen-bond donors (Lipinski definition) is 1. The normalized spacial score (nSPS) is 13.2. The molecule has 0 unspecified atom stereocenters.